The molecule has 1 unspecified atom stereocenters. The number of aliphatic carboxylic acids is 1. The molecule has 0 bridgehead atoms. The highest BCUT2D eigenvalue weighted by Gasteiger charge is 2.17. The molecule has 0 fully saturated rings. The van der Waals surface area contributed by atoms with E-state index in [9.17, 15) is 9.59 Å². The Labute approximate surface area is 124 Å². The SMILES string of the molecule is CCCC(CNC(=O)Nc1cccc(COC)c1)C(=O)O. The van der Waals surface area contributed by atoms with Gasteiger partial charge in [-0.2, -0.15) is 0 Å². The molecule has 0 radical (unpaired) electrons. The van der Waals surface area contributed by atoms with Crippen LogP contribution < -0.4 is 10.6 Å². The molecular weight excluding hydrogens is 272 g/mol. The van der Waals surface area contributed by atoms with Crippen molar-refractivity contribution in [3.05, 3.63) is 29.8 Å². The number of anilines is 1. The van der Waals surface area contributed by atoms with Gasteiger partial charge in [0.15, 0.2) is 0 Å². The average molecular weight is 294 g/mol. The van der Waals surface area contributed by atoms with Crippen LogP contribution in [0.15, 0.2) is 24.3 Å². The number of methoxy groups -OCH3 is 1. The molecule has 21 heavy (non-hydrogen) atoms. The summed E-state index contributed by atoms with van der Waals surface area (Å²) in [6.45, 7) is 2.50. The molecule has 116 valence electrons. The maximum atomic E-state index is 11.8. The lowest BCUT2D eigenvalue weighted by Gasteiger charge is -2.13. The minimum absolute atomic E-state index is 0.118. The van der Waals surface area contributed by atoms with Crippen LogP contribution in [-0.4, -0.2) is 30.8 Å². The van der Waals surface area contributed by atoms with Crippen LogP contribution in [0.4, 0.5) is 10.5 Å². The van der Waals surface area contributed by atoms with Crippen LogP contribution in [0.1, 0.15) is 25.3 Å². The zero-order valence-corrected chi connectivity index (χ0v) is 12.4. The number of ether oxygens (including phenoxy) is 1. The van der Waals surface area contributed by atoms with Crippen LogP contribution in [0.2, 0.25) is 0 Å². The summed E-state index contributed by atoms with van der Waals surface area (Å²) in [5.41, 5.74) is 1.59. The first-order valence-electron chi connectivity index (χ1n) is 6.92. The fourth-order valence-electron chi connectivity index (χ4n) is 1.96. The van der Waals surface area contributed by atoms with E-state index in [-0.39, 0.29) is 6.54 Å². The molecule has 0 saturated carbocycles. The van der Waals surface area contributed by atoms with Gasteiger partial charge < -0.3 is 20.5 Å². The Morgan fingerprint density at radius 1 is 1.38 bits per heavy atom. The number of carboxylic acid groups (broad SMARTS) is 1. The van der Waals surface area contributed by atoms with E-state index in [1.165, 1.54) is 0 Å². The lowest BCUT2D eigenvalue weighted by Crippen LogP contribution is -2.35. The number of urea groups is 1. The first-order valence-corrected chi connectivity index (χ1v) is 6.92. The highest BCUT2D eigenvalue weighted by molar-refractivity contribution is 5.89. The van der Waals surface area contributed by atoms with Gasteiger partial charge >= 0.3 is 12.0 Å². The number of hydrogen-bond donors (Lipinski definition) is 3. The van der Waals surface area contributed by atoms with Crippen LogP contribution in [-0.2, 0) is 16.1 Å². The Morgan fingerprint density at radius 3 is 2.76 bits per heavy atom. The fraction of sp³-hybridized carbons (Fsp3) is 0.467. The van der Waals surface area contributed by atoms with Gasteiger partial charge in [-0.25, -0.2) is 4.79 Å². The molecule has 1 rings (SSSR count). The molecule has 3 N–H and O–H groups in total. The van der Waals surface area contributed by atoms with E-state index in [4.69, 9.17) is 9.84 Å². The Bertz CT molecular complexity index is 476. The van der Waals surface area contributed by atoms with Crippen molar-refractivity contribution in [3.63, 3.8) is 0 Å². The van der Waals surface area contributed by atoms with E-state index in [1.54, 1.807) is 13.2 Å². The minimum atomic E-state index is -0.890. The molecule has 0 aliphatic heterocycles. The van der Waals surface area contributed by atoms with Crippen molar-refractivity contribution >= 4 is 17.7 Å². The number of benzene rings is 1. The predicted octanol–water partition coefficient (Wildman–Crippen LogP) is 2.46. The molecule has 0 aliphatic carbocycles. The first kappa shape index (κ1) is 17.0. The lowest BCUT2D eigenvalue weighted by atomic mass is 10.0. The molecule has 1 atom stereocenters. The molecular formula is C15H22N2O4. The third-order valence-electron chi connectivity index (χ3n) is 2.99. The van der Waals surface area contributed by atoms with E-state index >= 15 is 0 Å². The third-order valence-corrected chi connectivity index (χ3v) is 2.99. The molecule has 0 aromatic heterocycles. The Morgan fingerprint density at radius 2 is 2.14 bits per heavy atom. The second-order valence-corrected chi connectivity index (χ2v) is 4.79. The van der Waals surface area contributed by atoms with Crippen molar-refractivity contribution in [2.75, 3.05) is 19.0 Å². The van der Waals surface area contributed by atoms with E-state index < -0.39 is 17.9 Å². The standard InChI is InChI=1S/C15H22N2O4/c1-3-5-12(14(18)19)9-16-15(20)17-13-7-4-6-11(8-13)10-21-2/h4,6-8,12H,3,5,9-10H2,1-2H3,(H,18,19)(H2,16,17,20). The largest absolute Gasteiger partial charge is 0.481 e. The molecule has 6 heteroatoms. The number of amides is 2. The first-order chi connectivity index (χ1) is 10.1. The van der Waals surface area contributed by atoms with Gasteiger partial charge in [-0.3, -0.25) is 4.79 Å². The van der Waals surface area contributed by atoms with Crippen molar-refractivity contribution in [3.8, 4) is 0 Å². The normalized spacial score (nSPS) is 11.7. The van der Waals surface area contributed by atoms with Crippen LogP contribution in [0.3, 0.4) is 0 Å². The summed E-state index contributed by atoms with van der Waals surface area (Å²) < 4.78 is 5.03. The van der Waals surface area contributed by atoms with Gasteiger partial charge in [-0.1, -0.05) is 25.5 Å². The summed E-state index contributed by atoms with van der Waals surface area (Å²) in [7, 11) is 1.60. The number of hydrogen-bond acceptors (Lipinski definition) is 3. The van der Waals surface area contributed by atoms with Gasteiger partial charge in [0.2, 0.25) is 0 Å². The third kappa shape index (κ3) is 6.27. The smallest absolute Gasteiger partial charge is 0.319 e. The van der Waals surface area contributed by atoms with Gasteiger partial charge in [0, 0.05) is 19.3 Å². The van der Waals surface area contributed by atoms with Crippen LogP contribution in [0.5, 0.6) is 0 Å². The van der Waals surface area contributed by atoms with Crippen LogP contribution in [0, 0.1) is 5.92 Å². The zero-order valence-electron chi connectivity index (χ0n) is 12.4. The lowest BCUT2D eigenvalue weighted by molar-refractivity contribution is -0.141. The fourth-order valence-corrected chi connectivity index (χ4v) is 1.96. The topological polar surface area (TPSA) is 87.7 Å². The molecule has 0 saturated heterocycles. The molecule has 0 heterocycles. The number of rotatable bonds is 8. The number of carboxylic acids is 1. The van der Waals surface area contributed by atoms with Gasteiger partial charge in [-0.15, -0.1) is 0 Å². The molecule has 1 aromatic rings. The summed E-state index contributed by atoms with van der Waals surface area (Å²) in [6.07, 6.45) is 1.30. The quantitative estimate of drug-likeness (QED) is 0.687. The van der Waals surface area contributed by atoms with Crippen molar-refractivity contribution < 1.29 is 19.4 Å². The second-order valence-electron chi connectivity index (χ2n) is 4.79. The predicted molar refractivity (Wildman–Crippen MR) is 80.2 cm³/mol. The summed E-state index contributed by atoms with van der Waals surface area (Å²) >= 11 is 0. The maximum absolute atomic E-state index is 11.8. The minimum Gasteiger partial charge on any atom is -0.481 e. The Kier molecular flexibility index (Phi) is 7.25. The number of nitrogens with one attached hydrogen (secondary N) is 2. The second kappa shape index (κ2) is 8.97. The van der Waals surface area contributed by atoms with Gasteiger partial charge in [0.1, 0.15) is 0 Å². The summed E-state index contributed by atoms with van der Waals surface area (Å²) in [5.74, 6) is -1.44. The molecule has 6 nitrogen and oxygen atoms in total. The van der Waals surface area contributed by atoms with Crippen molar-refractivity contribution in [2.24, 2.45) is 5.92 Å². The average Bonchev–Trinajstić information content (AvgIpc) is 2.44. The van der Waals surface area contributed by atoms with Crippen molar-refractivity contribution in [1.82, 2.24) is 5.32 Å². The molecule has 2 amide bonds. The van der Waals surface area contributed by atoms with Gasteiger partial charge in [-0.05, 0) is 24.1 Å². The summed E-state index contributed by atoms with van der Waals surface area (Å²) in [4.78, 5) is 22.8. The van der Waals surface area contributed by atoms with E-state index in [2.05, 4.69) is 10.6 Å². The van der Waals surface area contributed by atoms with Crippen LogP contribution in [0.25, 0.3) is 0 Å². The zero-order chi connectivity index (χ0) is 15.7. The highest BCUT2D eigenvalue weighted by Crippen LogP contribution is 2.11. The molecule has 1 aromatic carbocycles. The summed E-state index contributed by atoms with van der Waals surface area (Å²) in [6, 6.07) is 6.88. The molecule has 0 aliphatic rings. The van der Waals surface area contributed by atoms with Gasteiger partial charge in [0.05, 0.1) is 12.5 Å². The number of carbonyl (C=O) groups excluding carboxylic acids is 1. The molecule has 0 spiro atoms. The van der Waals surface area contributed by atoms with Gasteiger partial charge in [0.25, 0.3) is 0 Å². The van der Waals surface area contributed by atoms with E-state index in [1.807, 2.05) is 25.1 Å². The van der Waals surface area contributed by atoms with Crippen molar-refractivity contribution in [1.29, 1.82) is 0 Å². The summed E-state index contributed by atoms with van der Waals surface area (Å²) in [5, 5.41) is 14.3. The highest BCUT2D eigenvalue weighted by atomic mass is 16.5. The van der Waals surface area contributed by atoms with Crippen molar-refractivity contribution in [2.45, 2.75) is 26.4 Å². The Hall–Kier alpha value is -2.08. The monoisotopic (exact) mass is 294 g/mol. The maximum Gasteiger partial charge on any atom is 0.319 e. The number of carbonyl (C=O) groups is 2. The van der Waals surface area contributed by atoms with Crippen LogP contribution >= 0.6 is 0 Å². The Balaban J connectivity index is 2.49. The van der Waals surface area contributed by atoms with E-state index in [0.29, 0.717) is 18.7 Å². The van der Waals surface area contributed by atoms with E-state index in [0.717, 1.165) is 12.0 Å².